The molecule has 0 saturated carbocycles. The molecule has 0 aliphatic rings. The normalized spacial score (nSPS) is 11.3. The van der Waals surface area contributed by atoms with Gasteiger partial charge in [-0.3, -0.25) is 0 Å². The van der Waals surface area contributed by atoms with Crippen LogP contribution in [0.1, 0.15) is 27.7 Å². The van der Waals surface area contributed by atoms with Crippen LogP contribution in [0.25, 0.3) is 0 Å². The van der Waals surface area contributed by atoms with Gasteiger partial charge in [0.25, 0.3) is 0 Å². The summed E-state index contributed by atoms with van der Waals surface area (Å²) in [5.74, 6) is 0. The van der Waals surface area contributed by atoms with Crippen LogP contribution in [0.2, 0.25) is 0 Å². The number of nitrogens with two attached hydrogens (primary N) is 2. The number of primary amides is 2. The zero-order valence-electron chi connectivity index (χ0n) is 11.7. The lowest BCUT2D eigenvalue weighted by molar-refractivity contribution is 0.253. The Morgan fingerprint density at radius 2 is 1.10 bits per heavy atom. The minimum atomic E-state index is -0.963. The topological polar surface area (TPSA) is 183 Å². The Morgan fingerprint density at radius 1 is 0.850 bits per heavy atom. The largest absolute Gasteiger partial charge is 0.356 e. The first-order valence-electron chi connectivity index (χ1n) is 5.23. The van der Waals surface area contributed by atoms with Crippen LogP contribution in [-0.4, -0.2) is 23.1 Å². The molecule has 0 saturated heterocycles. The van der Waals surface area contributed by atoms with Crippen molar-refractivity contribution in [2.24, 2.45) is 31.9 Å². The van der Waals surface area contributed by atoms with Gasteiger partial charge in [0.1, 0.15) is 0 Å². The fourth-order valence-electron chi connectivity index (χ4n) is 0.393. The Balaban J connectivity index is 0. The fourth-order valence-corrected chi connectivity index (χ4v) is 0.393. The van der Waals surface area contributed by atoms with Crippen LogP contribution >= 0.6 is 0 Å². The molecule has 0 unspecified atom stereocenters. The Hall–Kier alpha value is -2.88. The smallest absolute Gasteiger partial charge is 0.348 e. The Morgan fingerprint density at radius 3 is 1.25 bits per heavy atom. The van der Waals surface area contributed by atoms with Crippen LogP contribution < -0.4 is 11.5 Å². The van der Waals surface area contributed by atoms with Gasteiger partial charge in [-0.1, -0.05) is 10.2 Å². The van der Waals surface area contributed by atoms with Crippen molar-refractivity contribution in [2.75, 3.05) is 0 Å². The highest BCUT2D eigenvalue weighted by Crippen LogP contribution is 2.06. The van der Waals surface area contributed by atoms with Gasteiger partial charge in [-0.15, -0.1) is 0 Å². The number of hydrogen-bond acceptors (Lipinski definition) is 6. The Bertz CT molecular complexity index is 446. The van der Waals surface area contributed by atoms with Crippen LogP contribution in [0, 0.1) is 22.7 Å². The average Bonchev–Trinajstić information content (AvgIpc) is 2.35. The van der Waals surface area contributed by atoms with Gasteiger partial charge in [0.2, 0.25) is 0 Å². The van der Waals surface area contributed by atoms with Gasteiger partial charge in [-0.25, -0.2) is 9.59 Å². The van der Waals surface area contributed by atoms with Crippen LogP contribution in [0.15, 0.2) is 20.5 Å². The summed E-state index contributed by atoms with van der Waals surface area (Å²) >= 11 is 0. The average molecular weight is 280 g/mol. The maximum atomic E-state index is 10.0. The summed E-state index contributed by atoms with van der Waals surface area (Å²) in [7, 11) is 0. The second kappa shape index (κ2) is 8.26. The minimum absolute atomic E-state index is 0.886. The predicted octanol–water partition coefficient (Wildman–Crippen LogP) is 1.64. The van der Waals surface area contributed by atoms with Crippen LogP contribution in [0.3, 0.4) is 0 Å². The molecule has 0 aromatic rings. The van der Waals surface area contributed by atoms with Gasteiger partial charge in [0.15, 0.2) is 11.1 Å². The van der Waals surface area contributed by atoms with Crippen molar-refractivity contribution < 1.29 is 9.59 Å². The lowest BCUT2D eigenvalue weighted by Gasteiger charge is -2.03. The van der Waals surface area contributed by atoms with E-state index >= 15 is 0 Å². The van der Waals surface area contributed by atoms with Gasteiger partial charge in [-0.05, 0) is 27.7 Å². The van der Waals surface area contributed by atoms with E-state index in [-0.39, 0.29) is 0 Å². The number of carbonyl (C=O) groups excluding carboxylic acids is 2. The first-order valence-corrected chi connectivity index (χ1v) is 5.23. The fraction of sp³-hybridized carbons (Fsp3) is 0.600. The number of carbonyl (C=O) groups is 2. The van der Waals surface area contributed by atoms with E-state index in [1.165, 1.54) is 27.7 Å². The van der Waals surface area contributed by atoms with Gasteiger partial charge in [0, 0.05) is 0 Å². The summed E-state index contributed by atoms with van der Waals surface area (Å²) in [6, 6.07) is 1.89. The molecule has 20 heavy (non-hydrogen) atoms. The lowest BCUT2D eigenvalue weighted by Crippen LogP contribution is -2.13. The molecule has 0 bridgehead atoms. The Labute approximate surface area is 116 Å². The number of rotatable bonds is 2. The highest BCUT2D eigenvalue weighted by atomic mass is 16.2. The summed E-state index contributed by atoms with van der Waals surface area (Å²) in [6.07, 6.45) is 0. The van der Waals surface area contributed by atoms with Crippen LogP contribution in [0.4, 0.5) is 9.59 Å². The SMILES string of the molecule is CC(C)(C#N)N=NC(N)=O.CC(C)(C#N)N=NC(N)=O. The quantitative estimate of drug-likeness (QED) is 0.728. The molecule has 0 aliphatic carbocycles. The molecule has 0 aliphatic heterocycles. The van der Waals surface area contributed by atoms with Crippen molar-refractivity contribution in [1.82, 2.24) is 0 Å². The number of azo groups is 2. The van der Waals surface area contributed by atoms with Crippen molar-refractivity contribution in [2.45, 2.75) is 38.8 Å². The van der Waals surface area contributed by atoms with Gasteiger partial charge < -0.3 is 11.5 Å². The van der Waals surface area contributed by atoms with Gasteiger partial charge in [-0.2, -0.15) is 20.8 Å². The van der Waals surface area contributed by atoms with E-state index in [0.717, 1.165) is 0 Å². The molecule has 4 amide bonds. The number of urea groups is 2. The molecule has 0 rings (SSSR count). The van der Waals surface area contributed by atoms with Crippen LogP contribution in [0.5, 0.6) is 0 Å². The molecule has 0 heterocycles. The molecule has 0 aromatic heterocycles. The first kappa shape index (κ1) is 19.5. The minimum Gasteiger partial charge on any atom is -0.348 e. The third kappa shape index (κ3) is 13.2. The maximum absolute atomic E-state index is 10.0. The lowest BCUT2D eigenvalue weighted by atomic mass is 10.1. The summed E-state index contributed by atoms with van der Waals surface area (Å²) in [5, 5.41) is 29.4. The molecule has 10 heteroatoms. The zero-order valence-corrected chi connectivity index (χ0v) is 11.7. The third-order valence-corrected chi connectivity index (χ3v) is 1.34. The molecule has 0 fully saturated rings. The van der Waals surface area contributed by atoms with E-state index in [4.69, 9.17) is 10.5 Å². The number of nitriles is 2. The monoisotopic (exact) mass is 280 g/mol. The van der Waals surface area contributed by atoms with Crippen molar-refractivity contribution >= 4 is 12.1 Å². The second-order valence-corrected chi connectivity index (χ2v) is 4.42. The van der Waals surface area contributed by atoms with E-state index in [1.54, 1.807) is 0 Å². The number of amides is 4. The van der Waals surface area contributed by atoms with Crippen molar-refractivity contribution in [3.63, 3.8) is 0 Å². The van der Waals surface area contributed by atoms with E-state index in [0.29, 0.717) is 0 Å². The third-order valence-electron chi connectivity index (χ3n) is 1.34. The maximum Gasteiger partial charge on any atom is 0.356 e. The zero-order chi connectivity index (χ0) is 16.4. The first-order chi connectivity index (χ1) is 8.95. The summed E-state index contributed by atoms with van der Waals surface area (Å²) < 4.78 is 0. The highest BCUT2D eigenvalue weighted by molar-refractivity contribution is 5.72. The van der Waals surface area contributed by atoms with E-state index in [1.807, 2.05) is 12.1 Å². The molecule has 10 nitrogen and oxygen atoms in total. The molecule has 0 radical (unpaired) electrons. The summed E-state index contributed by atoms with van der Waals surface area (Å²) in [6.45, 7) is 6.11. The van der Waals surface area contributed by atoms with Gasteiger partial charge >= 0.3 is 12.1 Å². The predicted molar refractivity (Wildman–Crippen MR) is 68.3 cm³/mol. The second-order valence-electron chi connectivity index (χ2n) is 4.42. The van der Waals surface area contributed by atoms with E-state index in [9.17, 15) is 9.59 Å². The van der Waals surface area contributed by atoms with Gasteiger partial charge in [0.05, 0.1) is 12.1 Å². The number of hydrogen-bond donors (Lipinski definition) is 2. The molecule has 0 spiro atoms. The van der Waals surface area contributed by atoms with E-state index in [2.05, 4.69) is 31.9 Å². The highest BCUT2D eigenvalue weighted by Gasteiger charge is 2.14. The molecule has 0 atom stereocenters. The molecular weight excluding hydrogens is 264 g/mol. The number of nitrogens with zero attached hydrogens (tertiary/aromatic N) is 6. The standard InChI is InChI=1S/2C5H8N4O/c2*1-5(2,3-6)9-8-4(7)10/h2*1-2H3,(H2,7,10). The van der Waals surface area contributed by atoms with E-state index < -0.39 is 23.1 Å². The van der Waals surface area contributed by atoms with Crippen LogP contribution in [-0.2, 0) is 0 Å². The van der Waals surface area contributed by atoms with Crippen molar-refractivity contribution in [3.05, 3.63) is 0 Å². The molecule has 108 valence electrons. The molecule has 4 N–H and O–H groups in total. The molecule has 0 aromatic carbocycles. The summed E-state index contributed by atoms with van der Waals surface area (Å²) in [4.78, 5) is 20.0. The van der Waals surface area contributed by atoms with Crippen molar-refractivity contribution in [1.29, 1.82) is 10.5 Å². The summed E-state index contributed by atoms with van der Waals surface area (Å²) in [5.41, 5.74) is 7.36. The Kier molecular flexibility index (Phi) is 8.04. The molecular formula is C10H16N8O2. The van der Waals surface area contributed by atoms with Crippen molar-refractivity contribution in [3.8, 4) is 12.1 Å².